The summed E-state index contributed by atoms with van der Waals surface area (Å²) in [6, 6.07) is 66.3. The van der Waals surface area contributed by atoms with Gasteiger partial charge in [-0.25, -0.2) is 0 Å². The van der Waals surface area contributed by atoms with E-state index in [0.717, 1.165) is 38.9 Å². The van der Waals surface area contributed by atoms with E-state index in [9.17, 15) is 9.59 Å². The van der Waals surface area contributed by atoms with Crippen molar-refractivity contribution in [1.82, 2.24) is 0 Å². The van der Waals surface area contributed by atoms with E-state index in [4.69, 9.17) is 71.1 Å². The Hall–Kier alpha value is -7.62. The molecule has 13 atom stereocenters. The lowest BCUT2D eigenvalue weighted by molar-refractivity contribution is -0.338. The highest BCUT2D eigenvalue weighted by atomic mass is 16.8. The molecule has 0 amide bonds. The van der Waals surface area contributed by atoms with Gasteiger partial charge in [-0.2, -0.15) is 0 Å². The predicted octanol–water partition coefficient (Wildman–Crippen LogP) is 13.0. The van der Waals surface area contributed by atoms with Crippen molar-refractivity contribution in [2.24, 2.45) is 10.8 Å². The number of hydrogen-bond donors (Lipinski definition) is 0. The van der Waals surface area contributed by atoms with Crippen LogP contribution in [0.1, 0.15) is 80.5 Å². The van der Waals surface area contributed by atoms with E-state index in [-0.39, 0.29) is 66.1 Å². The van der Waals surface area contributed by atoms with Crippen molar-refractivity contribution in [1.29, 1.82) is 0 Å². The Morgan fingerprint density at radius 1 is 0.358 bits per heavy atom. The fourth-order valence-corrected chi connectivity index (χ4v) is 11.0. The van der Waals surface area contributed by atoms with Crippen LogP contribution in [0.15, 0.2) is 219 Å². The van der Waals surface area contributed by atoms with Gasteiger partial charge in [0.05, 0.1) is 90.3 Å². The van der Waals surface area contributed by atoms with Gasteiger partial charge in [0.1, 0.15) is 54.6 Å². The molecule has 10 rings (SSSR count). The van der Waals surface area contributed by atoms with Crippen LogP contribution in [0.3, 0.4) is 0 Å². The Morgan fingerprint density at radius 2 is 0.695 bits per heavy atom. The summed E-state index contributed by atoms with van der Waals surface area (Å²) in [5, 5.41) is 0. The van der Waals surface area contributed by atoms with Crippen LogP contribution in [0.4, 0.5) is 0 Å². The number of ether oxygens (including phenoxy) is 15. The van der Waals surface area contributed by atoms with E-state index in [0.29, 0.717) is 5.75 Å². The van der Waals surface area contributed by atoms with Gasteiger partial charge in [0.2, 0.25) is 0 Å². The fraction of sp³-hybridized carbons (Fsp3) is 0.410. The third kappa shape index (κ3) is 20.7. The van der Waals surface area contributed by atoms with Crippen molar-refractivity contribution >= 4 is 11.9 Å². The smallest absolute Gasteiger partial charge is 0.311 e. The normalized spacial score (nSPS) is 24.5. The summed E-state index contributed by atoms with van der Waals surface area (Å²) >= 11 is 0. The molecule has 3 aliphatic heterocycles. The second-order valence-corrected chi connectivity index (χ2v) is 25.9. The summed E-state index contributed by atoms with van der Waals surface area (Å²) in [4.78, 5) is 28.9. The molecule has 0 unspecified atom stereocenters. The fourth-order valence-electron chi connectivity index (χ4n) is 11.0. The molecule has 0 aromatic heterocycles. The molecular formula is C78H90O17. The van der Waals surface area contributed by atoms with Gasteiger partial charge in [-0.3, -0.25) is 9.59 Å². The maximum Gasteiger partial charge on any atom is 0.311 e. The molecule has 0 radical (unpaired) electrons. The van der Waals surface area contributed by atoms with Crippen LogP contribution in [-0.2, 0) is 122 Å². The highest BCUT2D eigenvalue weighted by molar-refractivity contribution is 5.76. The standard InChI is InChI=1S/C78H90O17/c1-77(2,3)75(79)94-71-69(88-48-58-34-22-12-23-35-58)67(86-46-56-30-18-10-19-31-56)64(51-82-44-54-26-14-8-15-27-54)92-73(71)90-53-63-66(85-50-60-38-40-61(81-7)41-39-60)62(42-43-84-63)91-74-72(95-76(80)78(4,5)6)70(89-49-59-36-24-13-25-37-59)68(87-47-57-32-20-11-21-33-57)65(93-74)52-83-45-55-28-16-9-17-29-55/h8-43,62-74H,44-53H2,1-7H3/t62-,63-,64-,65-,66+,67-,68-,69+,70+,71+,72+,73+,74+/m1/s1. The summed E-state index contributed by atoms with van der Waals surface area (Å²) in [7, 11) is 1.61. The largest absolute Gasteiger partial charge is 0.497 e. The van der Waals surface area contributed by atoms with Crippen molar-refractivity contribution in [2.45, 2.75) is 168 Å². The Balaban J connectivity index is 1.00. The first kappa shape index (κ1) is 70.2. The minimum absolute atomic E-state index is 0.0334. The molecule has 2 fully saturated rings. The molecule has 0 saturated carbocycles. The molecule has 7 aromatic carbocycles. The van der Waals surface area contributed by atoms with E-state index < -0.39 is 102 Å². The summed E-state index contributed by atoms with van der Waals surface area (Å²) in [6.45, 7) is 11.8. The maximum absolute atomic E-state index is 14.5. The highest BCUT2D eigenvalue weighted by Gasteiger charge is 2.54. The van der Waals surface area contributed by atoms with Crippen molar-refractivity contribution in [3.8, 4) is 5.75 Å². The van der Waals surface area contributed by atoms with Crippen molar-refractivity contribution in [3.63, 3.8) is 0 Å². The summed E-state index contributed by atoms with van der Waals surface area (Å²) in [5.74, 6) is -0.368. The average molecular weight is 1300 g/mol. The third-order valence-electron chi connectivity index (χ3n) is 16.4. The Bertz CT molecular complexity index is 3390. The Labute approximate surface area is 558 Å². The zero-order chi connectivity index (χ0) is 66.4. The van der Waals surface area contributed by atoms with Gasteiger partial charge in [-0.05, 0) is 98.7 Å². The number of methoxy groups -OCH3 is 1. The first-order chi connectivity index (χ1) is 46.1. The molecule has 2 saturated heterocycles. The maximum atomic E-state index is 14.5. The van der Waals surface area contributed by atoms with E-state index in [1.807, 2.05) is 206 Å². The Kier molecular flexibility index (Phi) is 25.8. The van der Waals surface area contributed by atoms with E-state index >= 15 is 0 Å². The molecule has 3 aliphatic rings. The summed E-state index contributed by atoms with van der Waals surface area (Å²) in [5.41, 5.74) is 4.39. The van der Waals surface area contributed by atoms with Gasteiger partial charge < -0.3 is 71.1 Å². The molecule has 0 N–H and O–H groups in total. The van der Waals surface area contributed by atoms with E-state index in [1.165, 1.54) is 6.26 Å². The van der Waals surface area contributed by atoms with Crippen LogP contribution < -0.4 is 4.74 Å². The minimum Gasteiger partial charge on any atom is -0.497 e. The zero-order valence-corrected chi connectivity index (χ0v) is 55.3. The van der Waals surface area contributed by atoms with Crippen molar-refractivity contribution < 1.29 is 80.6 Å². The number of benzene rings is 7. The molecule has 7 aromatic rings. The van der Waals surface area contributed by atoms with Gasteiger partial charge in [0.15, 0.2) is 30.9 Å². The van der Waals surface area contributed by atoms with Gasteiger partial charge in [-0.15, -0.1) is 0 Å². The van der Waals surface area contributed by atoms with Gasteiger partial charge in [-0.1, -0.05) is 194 Å². The summed E-state index contributed by atoms with van der Waals surface area (Å²) in [6.07, 6.45) is -10.1. The average Bonchev–Trinajstić information content (AvgIpc) is 0.789. The first-order valence-electron chi connectivity index (χ1n) is 32.6. The van der Waals surface area contributed by atoms with Crippen LogP contribution in [0.25, 0.3) is 0 Å². The summed E-state index contributed by atoms with van der Waals surface area (Å²) < 4.78 is 101. The minimum atomic E-state index is -1.33. The predicted molar refractivity (Wildman–Crippen MR) is 355 cm³/mol. The molecule has 0 aliphatic carbocycles. The molecule has 504 valence electrons. The van der Waals surface area contributed by atoms with E-state index in [2.05, 4.69) is 0 Å². The SMILES string of the molecule is COc1ccc(CO[C@H]2[C@H](O[C@H]3O[C@H](COCc4ccccc4)[C@@H](OCc4ccccc4)[C@H](OCc4ccccc4)[C@@H]3OC(=O)C(C)(C)C)C=CO[C@@H]2CO[C@H]2O[C@H](COCc3ccccc3)[C@@H](OCc3ccccc3)[C@H](OCc3ccccc3)[C@@H]2OC(=O)C(C)(C)C)cc1. The van der Waals surface area contributed by atoms with Crippen LogP contribution in [0, 0.1) is 10.8 Å². The van der Waals surface area contributed by atoms with E-state index in [1.54, 1.807) is 54.7 Å². The zero-order valence-electron chi connectivity index (χ0n) is 55.3. The lowest BCUT2D eigenvalue weighted by atomic mass is 9.95. The molecule has 17 heteroatoms. The van der Waals surface area contributed by atoms with Gasteiger partial charge >= 0.3 is 11.9 Å². The highest BCUT2D eigenvalue weighted by Crippen LogP contribution is 2.37. The number of rotatable bonds is 31. The number of esters is 2. The Morgan fingerprint density at radius 3 is 1.07 bits per heavy atom. The topological polar surface area (TPSA) is 173 Å². The van der Waals surface area contributed by atoms with Crippen LogP contribution in [-0.4, -0.2) is 119 Å². The van der Waals surface area contributed by atoms with Gasteiger partial charge in [0, 0.05) is 0 Å². The van der Waals surface area contributed by atoms with Gasteiger partial charge in [0.25, 0.3) is 0 Å². The lowest BCUT2D eigenvalue weighted by Gasteiger charge is -2.47. The van der Waals surface area contributed by atoms with Crippen molar-refractivity contribution in [2.75, 3.05) is 26.9 Å². The molecule has 95 heavy (non-hydrogen) atoms. The van der Waals surface area contributed by atoms with Crippen LogP contribution in [0.5, 0.6) is 5.75 Å². The monoisotopic (exact) mass is 1300 g/mol. The number of carbonyl (C=O) groups excluding carboxylic acids is 2. The van der Waals surface area contributed by atoms with Crippen LogP contribution >= 0.6 is 0 Å². The number of hydrogen-bond acceptors (Lipinski definition) is 17. The second-order valence-electron chi connectivity index (χ2n) is 25.9. The quantitative estimate of drug-likeness (QED) is 0.0375. The van der Waals surface area contributed by atoms with Crippen molar-refractivity contribution in [3.05, 3.63) is 258 Å². The molecular weight excluding hydrogens is 1210 g/mol. The first-order valence-corrected chi connectivity index (χ1v) is 32.6. The van der Waals surface area contributed by atoms with Crippen LogP contribution in [0.2, 0.25) is 0 Å². The third-order valence-corrected chi connectivity index (χ3v) is 16.4. The molecule has 0 spiro atoms. The molecule has 3 heterocycles. The molecule has 17 nitrogen and oxygen atoms in total. The molecule has 0 bridgehead atoms. The lowest BCUT2D eigenvalue weighted by Crippen LogP contribution is -2.64. The second kappa shape index (κ2) is 34.9. The number of carbonyl (C=O) groups is 2.